The fraction of sp³-hybridized carbons (Fsp3) is 0.0556. The summed E-state index contributed by atoms with van der Waals surface area (Å²) in [6, 6.07) is 6.34. The van der Waals surface area contributed by atoms with E-state index in [1.54, 1.807) is 0 Å². The SMILES string of the molecule is NC(=O)c1ccc(Oc2ccc(N3C(=O)NC(=O)C34C(=O)NC(=O)NC4=O)cn2)cc1. The number of carbonyl (C=O) groups excluding carboxylic acids is 6. The van der Waals surface area contributed by atoms with Crippen LogP contribution in [-0.2, 0) is 14.4 Å². The van der Waals surface area contributed by atoms with Gasteiger partial charge in [0.05, 0.1) is 11.9 Å². The number of primary amides is 1. The first-order chi connectivity index (χ1) is 14.7. The molecule has 3 heterocycles. The van der Waals surface area contributed by atoms with Gasteiger partial charge in [-0.2, -0.15) is 0 Å². The number of nitrogens with one attached hydrogen (secondary N) is 3. The minimum atomic E-state index is -2.64. The van der Waals surface area contributed by atoms with Gasteiger partial charge in [0, 0.05) is 11.6 Å². The minimum absolute atomic E-state index is 0.0725. The number of ether oxygens (including phenoxy) is 1. The van der Waals surface area contributed by atoms with Crippen LogP contribution in [0.25, 0.3) is 0 Å². The Bertz CT molecular complexity index is 1140. The highest BCUT2D eigenvalue weighted by molar-refractivity contribution is 6.43. The maximum absolute atomic E-state index is 12.4. The quantitative estimate of drug-likeness (QED) is 0.360. The third kappa shape index (κ3) is 3.00. The van der Waals surface area contributed by atoms with Gasteiger partial charge in [-0.15, -0.1) is 0 Å². The maximum atomic E-state index is 12.4. The lowest BCUT2D eigenvalue weighted by Crippen LogP contribution is -2.74. The third-order valence-corrected chi connectivity index (χ3v) is 4.54. The second kappa shape index (κ2) is 6.91. The van der Waals surface area contributed by atoms with Gasteiger partial charge in [0.25, 0.3) is 23.3 Å². The first kappa shape index (κ1) is 19.5. The van der Waals surface area contributed by atoms with Gasteiger partial charge in [-0.05, 0) is 30.3 Å². The van der Waals surface area contributed by atoms with Crippen LogP contribution in [0.2, 0.25) is 0 Å². The van der Waals surface area contributed by atoms with Crippen molar-refractivity contribution in [2.75, 3.05) is 4.90 Å². The summed E-state index contributed by atoms with van der Waals surface area (Å²) >= 11 is 0. The van der Waals surface area contributed by atoms with Crippen LogP contribution in [0.5, 0.6) is 11.6 Å². The van der Waals surface area contributed by atoms with Crippen LogP contribution in [-0.4, -0.2) is 46.2 Å². The molecule has 0 atom stereocenters. The molecular formula is C18H12N6O7. The molecule has 4 rings (SSSR count). The zero-order valence-electron chi connectivity index (χ0n) is 15.4. The van der Waals surface area contributed by atoms with E-state index < -0.39 is 41.2 Å². The first-order valence-electron chi connectivity index (χ1n) is 8.60. The number of imide groups is 3. The predicted molar refractivity (Wildman–Crippen MR) is 99.7 cm³/mol. The molecule has 13 heteroatoms. The lowest BCUT2D eigenvalue weighted by atomic mass is 9.93. The van der Waals surface area contributed by atoms with Gasteiger partial charge in [0.1, 0.15) is 5.75 Å². The van der Waals surface area contributed by atoms with Gasteiger partial charge in [0.2, 0.25) is 11.8 Å². The van der Waals surface area contributed by atoms with E-state index in [9.17, 15) is 28.8 Å². The van der Waals surface area contributed by atoms with E-state index in [0.717, 1.165) is 6.20 Å². The van der Waals surface area contributed by atoms with Gasteiger partial charge in [-0.3, -0.25) is 40.0 Å². The number of carbonyl (C=O) groups is 6. The highest BCUT2D eigenvalue weighted by Crippen LogP contribution is 2.32. The molecule has 1 spiro atoms. The summed E-state index contributed by atoms with van der Waals surface area (Å²) in [6.45, 7) is 0. The van der Waals surface area contributed by atoms with Crippen LogP contribution in [0.4, 0.5) is 15.3 Å². The van der Waals surface area contributed by atoms with Crippen molar-refractivity contribution in [1.29, 1.82) is 0 Å². The second-order valence-corrected chi connectivity index (χ2v) is 6.39. The highest BCUT2D eigenvalue weighted by Gasteiger charge is 2.67. The van der Waals surface area contributed by atoms with E-state index in [1.807, 2.05) is 16.0 Å². The number of benzene rings is 1. The van der Waals surface area contributed by atoms with Crippen LogP contribution >= 0.6 is 0 Å². The molecule has 0 aliphatic carbocycles. The van der Waals surface area contributed by atoms with Gasteiger partial charge < -0.3 is 10.5 Å². The van der Waals surface area contributed by atoms with Gasteiger partial charge in [-0.25, -0.2) is 14.6 Å². The topological polar surface area (TPSA) is 190 Å². The van der Waals surface area contributed by atoms with Crippen molar-refractivity contribution >= 4 is 41.4 Å². The minimum Gasteiger partial charge on any atom is -0.439 e. The summed E-state index contributed by atoms with van der Waals surface area (Å²) in [4.78, 5) is 76.7. The third-order valence-electron chi connectivity index (χ3n) is 4.54. The number of rotatable bonds is 4. The Kier molecular flexibility index (Phi) is 4.35. The summed E-state index contributed by atoms with van der Waals surface area (Å²) in [5.41, 5.74) is 2.73. The van der Waals surface area contributed by atoms with E-state index in [2.05, 4.69) is 4.98 Å². The summed E-state index contributed by atoms with van der Waals surface area (Å²) in [7, 11) is 0. The lowest BCUT2D eigenvalue weighted by molar-refractivity contribution is -0.143. The lowest BCUT2D eigenvalue weighted by Gasteiger charge is -2.34. The zero-order valence-corrected chi connectivity index (χ0v) is 15.4. The Labute approximate surface area is 172 Å². The molecule has 13 nitrogen and oxygen atoms in total. The predicted octanol–water partition coefficient (Wildman–Crippen LogP) is -0.866. The molecule has 31 heavy (non-hydrogen) atoms. The Balaban J connectivity index is 1.63. The van der Waals surface area contributed by atoms with Crippen molar-refractivity contribution in [2.24, 2.45) is 5.73 Å². The fourth-order valence-corrected chi connectivity index (χ4v) is 3.11. The normalized spacial score (nSPS) is 17.3. The molecule has 0 bridgehead atoms. The molecule has 8 amide bonds. The Morgan fingerprint density at radius 1 is 0.903 bits per heavy atom. The van der Waals surface area contributed by atoms with E-state index in [-0.39, 0.29) is 17.1 Å². The number of nitrogens with zero attached hydrogens (tertiary/aromatic N) is 2. The van der Waals surface area contributed by atoms with Crippen molar-refractivity contribution < 1.29 is 33.5 Å². The highest BCUT2D eigenvalue weighted by atomic mass is 16.5. The Morgan fingerprint density at radius 2 is 1.52 bits per heavy atom. The molecule has 5 N–H and O–H groups in total. The van der Waals surface area contributed by atoms with Gasteiger partial charge >= 0.3 is 12.1 Å². The number of anilines is 1. The van der Waals surface area contributed by atoms with Crippen molar-refractivity contribution in [1.82, 2.24) is 20.9 Å². The maximum Gasteiger partial charge on any atom is 0.330 e. The summed E-state index contributed by atoms with van der Waals surface area (Å²) in [5.74, 6) is -3.96. The zero-order chi connectivity index (χ0) is 22.3. The molecule has 2 saturated heterocycles. The molecule has 2 aliphatic rings. The molecule has 1 aromatic carbocycles. The number of pyridine rings is 1. The fourth-order valence-electron chi connectivity index (χ4n) is 3.11. The van der Waals surface area contributed by atoms with Crippen LogP contribution in [0, 0.1) is 0 Å². The van der Waals surface area contributed by atoms with Crippen molar-refractivity contribution in [2.45, 2.75) is 5.54 Å². The number of hydrogen-bond donors (Lipinski definition) is 4. The van der Waals surface area contributed by atoms with Crippen LogP contribution in [0.15, 0.2) is 42.6 Å². The standard InChI is InChI=1S/C18H12N6O7/c19-12(25)8-1-4-10(5-2-8)31-11-6-3-9(7-20-11)24-17(30)23-15(28)18(24)13(26)21-16(29)22-14(18)27/h1-7H,(H2,19,25)(H,23,28,30)(H2,21,22,26,27,29). The summed E-state index contributed by atoms with van der Waals surface area (Å²) in [6.07, 6.45) is 1.10. The number of nitrogens with two attached hydrogens (primary N) is 1. The second-order valence-electron chi connectivity index (χ2n) is 6.39. The molecule has 0 radical (unpaired) electrons. The smallest absolute Gasteiger partial charge is 0.330 e. The van der Waals surface area contributed by atoms with E-state index in [1.165, 1.54) is 36.4 Å². The summed E-state index contributed by atoms with van der Waals surface area (Å²) < 4.78 is 5.52. The van der Waals surface area contributed by atoms with Crippen molar-refractivity contribution in [3.63, 3.8) is 0 Å². The largest absolute Gasteiger partial charge is 0.439 e. The number of barbiturate groups is 1. The number of hydrogen-bond acceptors (Lipinski definition) is 8. The molecule has 0 saturated carbocycles. The van der Waals surface area contributed by atoms with E-state index in [0.29, 0.717) is 10.6 Å². The van der Waals surface area contributed by atoms with Crippen molar-refractivity contribution in [3.8, 4) is 11.6 Å². The van der Waals surface area contributed by atoms with Crippen LogP contribution in [0.3, 0.4) is 0 Å². The average molecular weight is 424 g/mol. The molecule has 156 valence electrons. The van der Waals surface area contributed by atoms with Crippen LogP contribution in [0.1, 0.15) is 10.4 Å². The summed E-state index contributed by atoms with van der Waals surface area (Å²) in [5, 5.41) is 5.50. The first-order valence-corrected chi connectivity index (χ1v) is 8.60. The molecule has 0 unspecified atom stereocenters. The van der Waals surface area contributed by atoms with Gasteiger partial charge in [0.15, 0.2) is 0 Å². The Hall–Kier alpha value is -4.81. The van der Waals surface area contributed by atoms with E-state index >= 15 is 0 Å². The molecule has 2 aromatic rings. The number of urea groups is 2. The number of aromatic nitrogens is 1. The van der Waals surface area contributed by atoms with Crippen LogP contribution < -0.4 is 31.3 Å². The molecule has 2 fully saturated rings. The van der Waals surface area contributed by atoms with Crippen molar-refractivity contribution in [3.05, 3.63) is 48.2 Å². The molecule has 2 aliphatic heterocycles. The van der Waals surface area contributed by atoms with E-state index in [4.69, 9.17) is 10.5 Å². The van der Waals surface area contributed by atoms with Gasteiger partial charge in [-0.1, -0.05) is 0 Å². The number of amides is 8. The average Bonchev–Trinajstić information content (AvgIpc) is 2.98. The molecular weight excluding hydrogens is 412 g/mol. The monoisotopic (exact) mass is 424 g/mol. The molecule has 1 aromatic heterocycles. The Morgan fingerprint density at radius 3 is 2.06 bits per heavy atom.